The van der Waals surface area contributed by atoms with E-state index in [1.807, 2.05) is 6.92 Å². The van der Waals surface area contributed by atoms with Crippen LogP contribution in [0.4, 0.5) is 0 Å². The van der Waals surface area contributed by atoms with Gasteiger partial charge in [-0.3, -0.25) is 19.5 Å². The van der Waals surface area contributed by atoms with Crippen molar-refractivity contribution in [3.8, 4) is 0 Å². The summed E-state index contributed by atoms with van der Waals surface area (Å²) >= 11 is 0. The molecule has 0 unspecified atom stereocenters. The van der Waals surface area contributed by atoms with Crippen LogP contribution in [0.5, 0.6) is 0 Å². The standard InChI is InChI=1S/C16H31N3O/c1-4-16(20)13-17-7-5-15(6-8-17)19-11-9-18(10-12-19)14(2)3/h14-15H,4-13H2,1-3H3. The first-order chi connectivity index (χ1) is 9.60. The smallest absolute Gasteiger partial charge is 0.146 e. The van der Waals surface area contributed by atoms with Crippen molar-refractivity contribution in [3.05, 3.63) is 0 Å². The van der Waals surface area contributed by atoms with Gasteiger partial charge in [0.05, 0.1) is 6.54 Å². The SMILES string of the molecule is CCC(=O)CN1CCC(N2CCN(C(C)C)CC2)CC1. The fraction of sp³-hybridized carbons (Fsp3) is 0.938. The first-order valence-corrected chi connectivity index (χ1v) is 8.32. The lowest BCUT2D eigenvalue weighted by Crippen LogP contribution is -2.54. The number of piperidine rings is 1. The lowest BCUT2D eigenvalue weighted by Gasteiger charge is -2.43. The van der Waals surface area contributed by atoms with Gasteiger partial charge in [-0.05, 0) is 26.7 Å². The Morgan fingerprint density at radius 1 is 1.05 bits per heavy atom. The van der Waals surface area contributed by atoms with Crippen molar-refractivity contribution in [2.75, 3.05) is 45.8 Å². The molecule has 4 heteroatoms. The summed E-state index contributed by atoms with van der Waals surface area (Å²) in [5.41, 5.74) is 0. The lowest BCUT2D eigenvalue weighted by molar-refractivity contribution is -0.120. The average molecular weight is 281 g/mol. The van der Waals surface area contributed by atoms with Gasteiger partial charge >= 0.3 is 0 Å². The highest BCUT2D eigenvalue weighted by Gasteiger charge is 2.28. The van der Waals surface area contributed by atoms with E-state index in [0.29, 0.717) is 24.8 Å². The van der Waals surface area contributed by atoms with Gasteiger partial charge in [-0.1, -0.05) is 6.92 Å². The Bertz CT molecular complexity index is 303. The molecule has 0 amide bonds. The highest BCUT2D eigenvalue weighted by molar-refractivity contribution is 5.80. The third-order valence-electron chi connectivity index (χ3n) is 4.95. The molecule has 2 rings (SSSR count). The zero-order valence-electron chi connectivity index (χ0n) is 13.5. The molecular weight excluding hydrogens is 250 g/mol. The maximum atomic E-state index is 11.5. The van der Waals surface area contributed by atoms with Crippen LogP contribution in [0.1, 0.15) is 40.0 Å². The van der Waals surface area contributed by atoms with E-state index in [-0.39, 0.29) is 0 Å². The Hall–Kier alpha value is -0.450. The normalized spacial score (nSPS) is 24.4. The van der Waals surface area contributed by atoms with E-state index in [1.165, 1.54) is 39.0 Å². The Balaban J connectivity index is 1.71. The predicted molar refractivity (Wildman–Crippen MR) is 83.0 cm³/mol. The van der Waals surface area contributed by atoms with Crippen molar-refractivity contribution in [1.82, 2.24) is 14.7 Å². The second-order valence-corrected chi connectivity index (χ2v) is 6.57. The van der Waals surface area contributed by atoms with Crippen LogP contribution in [0.25, 0.3) is 0 Å². The molecule has 2 fully saturated rings. The van der Waals surface area contributed by atoms with E-state index >= 15 is 0 Å². The fourth-order valence-corrected chi connectivity index (χ4v) is 3.42. The van der Waals surface area contributed by atoms with E-state index < -0.39 is 0 Å². The first kappa shape index (κ1) is 15.9. The molecule has 2 aliphatic heterocycles. The molecule has 0 radical (unpaired) electrons. The molecule has 2 heterocycles. The monoisotopic (exact) mass is 281 g/mol. The number of hydrogen-bond acceptors (Lipinski definition) is 4. The second kappa shape index (κ2) is 7.53. The number of likely N-dealkylation sites (tertiary alicyclic amines) is 1. The highest BCUT2D eigenvalue weighted by atomic mass is 16.1. The highest BCUT2D eigenvalue weighted by Crippen LogP contribution is 2.19. The summed E-state index contributed by atoms with van der Waals surface area (Å²) in [5.74, 6) is 0.383. The first-order valence-electron chi connectivity index (χ1n) is 8.32. The molecule has 0 aromatic rings. The molecule has 0 aromatic heterocycles. The van der Waals surface area contributed by atoms with E-state index in [0.717, 1.165) is 19.1 Å². The largest absolute Gasteiger partial charge is 0.298 e. The van der Waals surface area contributed by atoms with Gasteiger partial charge in [0.1, 0.15) is 5.78 Å². The maximum Gasteiger partial charge on any atom is 0.146 e. The number of rotatable bonds is 5. The van der Waals surface area contributed by atoms with Gasteiger partial charge in [-0.25, -0.2) is 0 Å². The predicted octanol–water partition coefficient (Wildman–Crippen LogP) is 1.46. The summed E-state index contributed by atoms with van der Waals surface area (Å²) in [6.07, 6.45) is 3.15. The minimum Gasteiger partial charge on any atom is -0.298 e. The summed E-state index contributed by atoms with van der Waals surface area (Å²) in [4.78, 5) is 19.1. The Morgan fingerprint density at radius 3 is 2.15 bits per heavy atom. The maximum absolute atomic E-state index is 11.5. The van der Waals surface area contributed by atoms with Gasteiger partial charge in [0, 0.05) is 57.8 Å². The molecule has 116 valence electrons. The molecule has 0 aromatic carbocycles. The fourth-order valence-electron chi connectivity index (χ4n) is 3.42. The van der Waals surface area contributed by atoms with Gasteiger partial charge in [0.15, 0.2) is 0 Å². The number of ketones is 1. The summed E-state index contributed by atoms with van der Waals surface area (Å²) in [5, 5.41) is 0. The van der Waals surface area contributed by atoms with Crippen LogP contribution < -0.4 is 0 Å². The topological polar surface area (TPSA) is 26.8 Å². The minimum absolute atomic E-state index is 0.383. The summed E-state index contributed by atoms with van der Waals surface area (Å²) in [6.45, 7) is 14.3. The Kier molecular flexibility index (Phi) is 6.00. The van der Waals surface area contributed by atoms with E-state index in [4.69, 9.17) is 0 Å². The van der Waals surface area contributed by atoms with E-state index in [9.17, 15) is 4.79 Å². The molecule has 2 saturated heterocycles. The molecule has 0 N–H and O–H groups in total. The number of carbonyl (C=O) groups excluding carboxylic acids is 1. The summed E-state index contributed by atoms with van der Waals surface area (Å²) < 4.78 is 0. The van der Waals surface area contributed by atoms with Gasteiger partial charge in [0.2, 0.25) is 0 Å². The number of hydrogen-bond donors (Lipinski definition) is 0. The van der Waals surface area contributed by atoms with Crippen LogP contribution >= 0.6 is 0 Å². The molecule has 0 spiro atoms. The number of nitrogens with zero attached hydrogens (tertiary/aromatic N) is 3. The molecule has 0 saturated carbocycles. The number of piperazine rings is 1. The molecule has 0 atom stereocenters. The number of carbonyl (C=O) groups is 1. The zero-order valence-corrected chi connectivity index (χ0v) is 13.5. The molecule has 0 aliphatic carbocycles. The van der Waals surface area contributed by atoms with Crippen molar-refractivity contribution in [2.24, 2.45) is 0 Å². The van der Waals surface area contributed by atoms with Gasteiger partial charge in [-0.2, -0.15) is 0 Å². The third-order valence-corrected chi connectivity index (χ3v) is 4.95. The molecule has 2 aliphatic rings. The van der Waals surface area contributed by atoms with Crippen LogP contribution in [0, 0.1) is 0 Å². The molecular formula is C16H31N3O. The average Bonchev–Trinajstić information content (AvgIpc) is 2.48. The minimum atomic E-state index is 0.383. The van der Waals surface area contributed by atoms with Crippen LogP contribution in [0.15, 0.2) is 0 Å². The van der Waals surface area contributed by atoms with Crippen molar-refractivity contribution in [3.63, 3.8) is 0 Å². The molecule has 0 bridgehead atoms. The number of Topliss-reactive ketones (excluding diaryl/α,β-unsaturated/α-hetero) is 1. The molecule has 4 nitrogen and oxygen atoms in total. The summed E-state index contributed by atoms with van der Waals surface area (Å²) in [7, 11) is 0. The van der Waals surface area contributed by atoms with Crippen LogP contribution in [0.3, 0.4) is 0 Å². The van der Waals surface area contributed by atoms with E-state index in [1.54, 1.807) is 0 Å². The van der Waals surface area contributed by atoms with Gasteiger partial charge in [0.25, 0.3) is 0 Å². The van der Waals surface area contributed by atoms with Crippen molar-refractivity contribution in [1.29, 1.82) is 0 Å². The van der Waals surface area contributed by atoms with Gasteiger partial charge < -0.3 is 0 Å². The van der Waals surface area contributed by atoms with Crippen LogP contribution in [0.2, 0.25) is 0 Å². The summed E-state index contributed by atoms with van der Waals surface area (Å²) in [6, 6.07) is 1.43. The third kappa shape index (κ3) is 4.27. The van der Waals surface area contributed by atoms with Crippen LogP contribution in [-0.4, -0.2) is 78.4 Å². The Labute approximate surface area is 124 Å². The van der Waals surface area contributed by atoms with Crippen molar-refractivity contribution >= 4 is 5.78 Å². The zero-order chi connectivity index (χ0) is 14.5. The van der Waals surface area contributed by atoms with E-state index in [2.05, 4.69) is 28.5 Å². The van der Waals surface area contributed by atoms with Crippen molar-refractivity contribution < 1.29 is 4.79 Å². The lowest BCUT2D eigenvalue weighted by atomic mass is 10.0. The second-order valence-electron chi connectivity index (χ2n) is 6.57. The van der Waals surface area contributed by atoms with Crippen LogP contribution in [-0.2, 0) is 4.79 Å². The molecule has 20 heavy (non-hydrogen) atoms. The van der Waals surface area contributed by atoms with Crippen molar-refractivity contribution in [2.45, 2.75) is 52.1 Å². The van der Waals surface area contributed by atoms with Gasteiger partial charge in [-0.15, -0.1) is 0 Å². The Morgan fingerprint density at radius 2 is 1.65 bits per heavy atom. The quantitative estimate of drug-likeness (QED) is 0.762.